The minimum atomic E-state index is -0.586. The molecule has 3 aromatic carbocycles. The second kappa shape index (κ2) is 9.06. The van der Waals surface area contributed by atoms with Crippen LogP contribution in [0.2, 0.25) is 0 Å². The van der Waals surface area contributed by atoms with Crippen molar-refractivity contribution in [3.8, 4) is 17.2 Å². The molecule has 0 unspecified atom stereocenters. The molecule has 162 valence electrons. The van der Waals surface area contributed by atoms with Crippen LogP contribution >= 0.6 is 11.8 Å². The molecule has 4 nitrogen and oxygen atoms in total. The van der Waals surface area contributed by atoms with E-state index in [1.165, 1.54) is 31.0 Å². The highest BCUT2D eigenvalue weighted by Crippen LogP contribution is 2.47. The van der Waals surface area contributed by atoms with Crippen LogP contribution in [0.15, 0.2) is 59.5 Å². The molecule has 0 spiro atoms. The van der Waals surface area contributed by atoms with E-state index in [1.807, 2.05) is 30.3 Å². The van der Waals surface area contributed by atoms with Crippen molar-refractivity contribution in [1.82, 2.24) is 0 Å². The minimum absolute atomic E-state index is 0.109. The Morgan fingerprint density at radius 1 is 1.06 bits per heavy atom. The molecule has 4 rings (SSSR count). The lowest BCUT2D eigenvalue weighted by Gasteiger charge is -2.25. The van der Waals surface area contributed by atoms with Crippen molar-refractivity contribution in [3.05, 3.63) is 77.4 Å². The maximum Gasteiger partial charge on any atom is 0.162 e. The van der Waals surface area contributed by atoms with E-state index in [0.717, 1.165) is 22.2 Å². The first-order chi connectivity index (χ1) is 15.0. The molecular weight excluding hydrogens is 420 g/mol. The summed E-state index contributed by atoms with van der Waals surface area (Å²) in [4.78, 5) is 3.09. The standard InChI is InChI=1S/C24H23F2NO3S/c1-29-17-7-9-20-23(13-17)31-22(18-8-6-16(25)12-19(18)26)10-11-27(20)14-15-4-3-5-21(30-2)24(15)28/h3-9,12-13,22,28H,10-11,14H2,1-2H3/t22-/m0/s1. The van der Waals surface area contributed by atoms with Gasteiger partial charge >= 0.3 is 0 Å². The van der Waals surface area contributed by atoms with E-state index >= 15 is 0 Å². The number of anilines is 1. The number of ether oxygens (including phenoxy) is 2. The van der Waals surface area contributed by atoms with Crippen LogP contribution in [0.3, 0.4) is 0 Å². The highest BCUT2D eigenvalue weighted by Gasteiger charge is 2.26. The summed E-state index contributed by atoms with van der Waals surface area (Å²) in [6.45, 7) is 1.09. The topological polar surface area (TPSA) is 41.9 Å². The maximum atomic E-state index is 14.5. The Labute approximate surface area is 184 Å². The summed E-state index contributed by atoms with van der Waals surface area (Å²) in [5.41, 5.74) is 2.18. The smallest absolute Gasteiger partial charge is 0.162 e. The van der Waals surface area contributed by atoms with Gasteiger partial charge in [-0.05, 0) is 36.8 Å². The molecule has 1 aliphatic rings. The van der Waals surface area contributed by atoms with Crippen LogP contribution in [0, 0.1) is 11.6 Å². The van der Waals surface area contributed by atoms with Crippen molar-refractivity contribution in [2.24, 2.45) is 0 Å². The zero-order valence-corrected chi connectivity index (χ0v) is 18.1. The van der Waals surface area contributed by atoms with Gasteiger partial charge < -0.3 is 19.5 Å². The Morgan fingerprint density at radius 3 is 2.65 bits per heavy atom. The van der Waals surface area contributed by atoms with E-state index in [-0.39, 0.29) is 11.0 Å². The molecule has 0 aromatic heterocycles. The zero-order valence-electron chi connectivity index (χ0n) is 17.3. The Bertz CT molecular complexity index is 1090. The lowest BCUT2D eigenvalue weighted by molar-refractivity contribution is 0.370. The average molecular weight is 444 g/mol. The van der Waals surface area contributed by atoms with Crippen LogP contribution in [0.4, 0.5) is 14.5 Å². The monoisotopic (exact) mass is 443 g/mol. The number of para-hydroxylation sites is 1. The number of hydrogen-bond acceptors (Lipinski definition) is 5. The SMILES string of the molecule is COc1ccc2c(c1)S[C@H](c1ccc(F)cc1F)CCN2Cc1cccc(OC)c1O. The predicted octanol–water partition coefficient (Wildman–Crippen LogP) is 5.93. The third kappa shape index (κ3) is 4.42. The summed E-state index contributed by atoms with van der Waals surface area (Å²) in [6, 6.07) is 14.9. The molecule has 0 saturated carbocycles. The molecule has 3 aromatic rings. The van der Waals surface area contributed by atoms with E-state index in [9.17, 15) is 13.9 Å². The van der Waals surface area contributed by atoms with Gasteiger partial charge in [0.05, 0.1) is 19.9 Å². The number of halogens is 2. The molecule has 0 radical (unpaired) electrons. The Kier molecular flexibility index (Phi) is 6.23. The first kappa shape index (κ1) is 21.3. The molecule has 1 heterocycles. The summed E-state index contributed by atoms with van der Waals surface area (Å²) < 4.78 is 38.6. The van der Waals surface area contributed by atoms with Gasteiger partial charge in [-0.15, -0.1) is 11.8 Å². The lowest BCUT2D eigenvalue weighted by Crippen LogP contribution is -2.24. The number of hydrogen-bond donors (Lipinski definition) is 1. The molecular formula is C24H23F2NO3S. The molecule has 0 aliphatic carbocycles. The van der Waals surface area contributed by atoms with Crippen LogP contribution in [0.25, 0.3) is 0 Å². The van der Waals surface area contributed by atoms with Gasteiger partial charge in [-0.25, -0.2) is 8.78 Å². The van der Waals surface area contributed by atoms with E-state index in [0.29, 0.717) is 36.6 Å². The fourth-order valence-corrected chi connectivity index (χ4v) is 5.14. The van der Waals surface area contributed by atoms with Gasteiger partial charge in [-0.2, -0.15) is 0 Å². The van der Waals surface area contributed by atoms with Gasteiger partial charge in [0.1, 0.15) is 17.4 Å². The highest BCUT2D eigenvalue weighted by atomic mass is 32.2. The van der Waals surface area contributed by atoms with E-state index in [2.05, 4.69) is 4.90 Å². The molecule has 1 N–H and O–H groups in total. The maximum absolute atomic E-state index is 14.5. The van der Waals surface area contributed by atoms with Crippen LogP contribution in [0.1, 0.15) is 22.8 Å². The molecule has 0 fully saturated rings. The number of thioether (sulfide) groups is 1. The normalized spacial score (nSPS) is 15.9. The summed E-state index contributed by atoms with van der Waals surface area (Å²) in [6.07, 6.45) is 0.648. The first-order valence-corrected chi connectivity index (χ1v) is 10.8. The Morgan fingerprint density at radius 2 is 1.90 bits per heavy atom. The quantitative estimate of drug-likeness (QED) is 0.529. The lowest BCUT2D eigenvalue weighted by atomic mass is 10.1. The van der Waals surface area contributed by atoms with Crippen LogP contribution in [-0.2, 0) is 6.54 Å². The molecule has 31 heavy (non-hydrogen) atoms. The fourth-order valence-electron chi connectivity index (χ4n) is 3.79. The van der Waals surface area contributed by atoms with Gasteiger partial charge in [0.15, 0.2) is 11.5 Å². The number of rotatable bonds is 5. The summed E-state index contributed by atoms with van der Waals surface area (Å²) in [5.74, 6) is 0.106. The van der Waals surface area contributed by atoms with Crippen LogP contribution < -0.4 is 14.4 Å². The number of fused-ring (bicyclic) bond motifs is 1. The van der Waals surface area contributed by atoms with Crippen molar-refractivity contribution >= 4 is 17.4 Å². The second-order valence-electron chi connectivity index (χ2n) is 7.28. The number of methoxy groups -OCH3 is 2. The predicted molar refractivity (Wildman–Crippen MR) is 118 cm³/mol. The Hall–Kier alpha value is -2.93. The van der Waals surface area contributed by atoms with Gasteiger partial charge in [-0.1, -0.05) is 18.2 Å². The van der Waals surface area contributed by atoms with E-state index in [1.54, 1.807) is 13.2 Å². The number of phenols is 1. The van der Waals surface area contributed by atoms with Crippen molar-refractivity contribution in [3.63, 3.8) is 0 Å². The summed E-state index contributed by atoms with van der Waals surface area (Å²) in [7, 11) is 3.12. The third-order valence-electron chi connectivity index (χ3n) is 5.41. The van der Waals surface area contributed by atoms with Crippen LogP contribution in [0.5, 0.6) is 17.2 Å². The van der Waals surface area contributed by atoms with E-state index in [4.69, 9.17) is 9.47 Å². The Balaban J connectivity index is 1.71. The van der Waals surface area contributed by atoms with Crippen molar-refractivity contribution < 1.29 is 23.4 Å². The van der Waals surface area contributed by atoms with Gasteiger partial charge in [0, 0.05) is 40.4 Å². The minimum Gasteiger partial charge on any atom is -0.504 e. The molecule has 7 heteroatoms. The first-order valence-electron chi connectivity index (χ1n) is 9.89. The summed E-state index contributed by atoms with van der Waals surface area (Å²) >= 11 is 1.54. The van der Waals surface area contributed by atoms with Crippen molar-refractivity contribution in [2.45, 2.75) is 23.1 Å². The molecule has 1 atom stereocenters. The molecule has 0 amide bonds. The molecule has 0 saturated heterocycles. The fraction of sp³-hybridized carbons (Fsp3) is 0.250. The molecule has 1 aliphatic heterocycles. The van der Waals surface area contributed by atoms with Gasteiger partial charge in [-0.3, -0.25) is 0 Å². The van der Waals surface area contributed by atoms with Crippen LogP contribution in [-0.4, -0.2) is 25.9 Å². The number of nitrogens with zero attached hydrogens (tertiary/aromatic N) is 1. The largest absolute Gasteiger partial charge is 0.504 e. The number of phenolic OH excluding ortho intramolecular Hbond substituents is 1. The number of aromatic hydroxyl groups is 1. The zero-order chi connectivity index (χ0) is 22.0. The second-order valence-corrected chi connectivity index (χ2v) is 8.53. The van der Waals surface area contributed by atoms with Crippen molar-refractivity contribution in [1.29, 1.82) is 0 Å². The number of benzene rings is 3. The highest BCUT2D eigenvalue weighted by molar-refractivity contribution is 7.99. The van der Waals surface area contributed by atoms with Gasteiger partial charge in [0.25, 0.3) is 0 Å². The average Bonchev–Trinajstić information content (AvgIpc) is 2.94. The summed E-state index contributed by atoms with van der Waals surface area (Å²) in [5, 5.41) is 10.4. The van der Waals surface area contributed by atoms with Crippen molar-refractivity contribution in [2.75, 3.05) is 25.7 Å². The van der Waals surface area contributed by atoms with E-state index < -0.39 is 11.6 Å². The molecule has 0 bridgehead atoms. The third-order valence-corrected chi connectivity index (χ3v) is 6.77. The van der Waals surface area contributed by atoms with Gasteiger partial charge in [0.2, 0.25) is 0 Å².